The second kappa shape index (κ2) is 11.2. The van der Waals surface area contributed by atoms with Gasteiger partial charge in [0.2, 0.25) is 0 Å². The van der Waals surface area contributed by atoms with Gasteiger partial charge in [0.15, 0.2) is 0 Å². The monoisotopic (exact) mass is 643 g/mol. The van der Waals surface area contributed by atoms with Crippen LogP contribution < -0.4 is 4.90 Å². The largest absolute Gasteiger partial charge is 0.310 e. The van der Waals surface area contributed by atoms with Gasteiger partial charge in [-0.3, -0.25) is 0 Å². The van der Waals surface area contributed by atoms with Gasteiger partial charge in [-0.15, -0.1) is 0 Å². The van der Waals surface area contributed by atoms with Crippen molar-refractivity contribution in [3.63, 3.8) is 0 Å². The Balaban J connectivity index is 1.30. The molecule has 0 aromatic heterocycles. The lowest BCUT2D eigenvalue weighted by Gasteiger charge is -2.53. The van der Waals surface area contributed by atoms with Crippen LogP contribution in [0.5, 0.6) is 0 Å². The zero-order valence-corrected chi connectivity index (χ0v) is 29.2. The minimum atomic E-state index is -0.459. The molecular formula is C49H41N. The van der Waals surface area contributed by atoms with Crippen molar-refractivity contribution in [2.75, 3.05) is 4.90 Å². The first kappa shape index (κ1) is 30.4. The van der Waals surface area contributed by atoms with Gasteiger partial charge in [0.25, 0.3) is 0 Å². The van der Waals surface area contributed by atoms with E-state index in [1.807, 2.05) is 0 Å². The molecule has 0 bridgehead atoms. The standard InChI is InChI=1S/C49H41N/c1-47(2)43-27-14-11-24-39(43)42-31-30-38(33-46(42)47)50(36-21-9-6-10-22-36)37-23-17-20-35(32-37)49(34-18-7-5-8-19-34)45-29-16-13-26-41(45)40-25-12-15-28-44(40)48(49,3)4/h5-33H,1-4H3. The maximum atomic E-state index is 2.46. The molecule has 2 aliphatic carbocycles. The Bertz CT molecular complexity index is 2380. The molecule has 1 atom stereocenters. The quantitative estimate of drug-likeness (QED) is 0.180. The summed E-state index contributed by atoms with van der Waals surface area (Å²) in [5.74, 6) is 0. The SMILES string of the molecule is CC1(C)c2ccccc2-c2ccc(N(c3ccccc3)c3cccc(C4(c5ccccc5)c5ccccc5-c5ccccc5C4(C)C)c3)cc21. The van der Waals surface area contributed by atoms with Crippen LogP contribution >= 0.6 is 0 Å². The van der Waals surface area contributed by atoms with E-state index in [1.54, 1.807) is 0 Å². The summed E-state index contributed by atoms with van der Waals surface area (Å²) in [6, 6.07) is 65.4. The molecule has 0 N–H and O–H groups in total. The van der Waals surface area contributed by atoms with Crippen LogP contribution in [0, 0.1) is 0 Å². The third-order valence-electron chi connectivity index (χ3n) is 11.7. The number of nitrogens with zero attached hydrogens (tertiary/aromatic N) is 1. The third-order valence-corrected chi connectivity index (χ3v) is 11.7. The minimum Gasteiger partial charge on any atom is -0.310 e. The van der Waals surface area contributed by atoms with Crippen molar-refractivity contribution in [3.8, 4) is 22.3 Å². The lowest BCUT2D eigenvalue weighted by Crippen LogP contribution is -2.49. The van der Waals surface area contributed by atoms with E-state index < -0.39 is 5.41 Å². The molecule has 0 aliphatic heterocycles. The second-order valence-corrected chi connectivity index (χ2v) is 15.0. The molecule has 0 spiro atoms. The van der Waals surface area contributed by atoms with Gasteiger partial charge in [0.1, 0.15) is 0 Å². The van der Waals surface area contributed by atoms with Crippen molar-refractivity contribution < 1.29 is 0 Å². The molecule has 242 valence electrons. The molecule has 0 heterocycles. The number of benzene rings is 7. The van der Waals surface area contributed by atoms with E-state index in [4.69, 9.17) is 0 Å². The van der Waals surface area contributed by atoms with Gasteiger partial charge < -0.3 is 4.90 Å². The first-order chi connectivity index (χ1) is 24.3. The lowest BCUT2D eigenvalue weighted by molar-refractivity contribution is 0.353. The highest BCUT2D eigenvalue weighted by Gasteiger charge is 2.54. The van der Waals surface area contributed by atoms with Crippen LogP contribution in [0.4, 0.5) is 17.1 Å². The molecule has 7 aromatic carbocycles. The molecular weight excluding hydrogens is 603 g/mol. The molecule has 0 saturated carbocycles. The van der Waals surface area contributed by atoms with Gasteiger partial charge in [-0.1, -0.05) is 167 Å². The number of hydrogen-bond acceptors (Lipinski definition) is 1. The summed E-state index contributed by atoms with van der Waals surface area (Å²) in [6.45, 7) is 9.60. The number of fused-ring (bicyclic) bond motifs is 6. The maximum absolute atomic E-state index is 2.46. The fraction of sp³-hybridized carbons (Fsp3) is 0.143. The van der Waals surface area contributed by atoms with Crippen molar-refractivity contribution in [3.05, 3.63) is 209 Å². The Morgan fingerprint density at radius 3 is 1.52 bits per heavy atom. The first-order valence-electron chi connectivity index (χ1n) is 17.8. The topological polar surface area (TPSA) is 3.24 Å². The van der Waals surface area contributed by atoms with Crippen LogP contribution in [-0.4, -0.2) is 0 Å². The molecule has 0 fully saturated rings. The van der Waals surface area contributed by atoms with Crippen LogP contribution in [0.25, 0.3) is 22.3 Å². The van der Waals surface area contributed by atoms with E-state index in [9.17, 15) is 0 Å². The predicted molar refractivity (Wildman–Crippen MR) is 210 cm³/mol. The van der Waals surface area contributed by atoms with Gasteiger partial charge in [0.05, 0.1) is 5.41 Å². The fourth-order valence-electron chi connectivity index (χ4n) is 9.47. The lowest BCUT2D eigenvalue weighted by atomic mass is 9.49. The predicted octanol–water partition coefficient (Wildman–Crippen LogP) is 12.8. The van der Waals surface area contributed by atoms with E-state index in [1.165, 1.54) is 55.6 Å². The van der Waals surface area contributed by atoms with Crippen molar-refractivity contribution in [2.24, 2.45) is 0 Å². The summed E-state index contributed by atoms with van der Waals surface area (Å²) >= 11 is 0. The van der Waals surface area contributed by atoms with E-state index in [0.29, 0.717) is 0 Å². The van der Waals surface area contributed by atoms with Crippen LogP contribution in [-0.2, 0) is 16.2 Å². The van der Waals surface area contributed by atoms with Gasteiger partial charge >= 0.3 is 0 Å². The Hall–Kier alpha value is -5.66. The van der Waals surface area contributed by atoms with Crippen LogP contribution in [0.15, 0.2) is 176 Å². The third kappa shape index (κ3) is 4.19. The Labute approximate surface area is 296 Å². The Kier molecular flexibility index (Phi) is 6.80. The Morgan fingerprint density at radius 2 is 0.820 bits per heavy atom. The van der Waals surface area contributed by atoms with Crippen molar-refractivity contribution in [2.45, 2.75) is 43.9 Å². The molecule has 9 rings (SSSR count). The van der Waals surface area contributed by atoms with Crippen molar-refractivity contribution >= 4 is 17.1 Å². The maximum Gasteiger partial charge on any atom is 0.0549 e. The molecule has 1 heteroatoms. The second-order valence-electron chi connectivity index (χ2n) is 15.0. The van der Waals surface area contributed by atoms with E-state index in [-0.39, 0.29) is 10.8 Å². The number of para-hydroxylation sites is 1. The van der Waals surface area contributed by atoms with Gasteiger partial charge in [-0.05, 0) is 92.0 Å². The first-order valence-corrected chi connectivity index (χ1v) is 17.8. The summed E-state index contributed by atoms with van der Waals surface area (Å²) in [5, 5.41) is 0. The fourth-order valence-corrected chi connectivity index (χ4v) is 9.47. The van der Waals surface area contributed by atoms with Crippen LogP contribution in [0.1, 0.15) is 61.1 Å². The molecule has 0 radical (unpaired) electrons. The van der Waals surface area contributed by atoms with Gasteiger partial charge in [-0.25, -0.2) is 0 Å². The molecule has 7 aromatic rings. The summed E-state index contributed by atoms with van der Waals surface area (Å²) in [4.78, 5) is 2.44. The summed E-state index contributed by atoms with van der Waals surface area (Å²) in [6.07, 6.45) is 0. The highest BCUT2D eigenvalue weighted by molar-refractivity contribution is 5.86. The van der Waals surface area contributed by atoms with E-state index >= 15 is 0 Å². The van der Waals surface area contributed by atoms with Crippen LogP contribution in [0.2, 0.25) is 0 Å². The van der Waals surface area contributed by atoms with E-state index in [2.05, 4.69) is 209 Å². The molecule has 0 saturated heterocycles. The zero-order chi connectivity index (χ0) is 34.1. The molecule has 1 nitrogen and oxygen atoms in total. The van der Waals surface area contributed by atoms with E-state index in [0.717, 1.165) is 17.1 Å². The zero-order valence-electron chi connectivity index (χ0n) is 29.2. The van der Waals surface area contributed by atoms with Crippen molar-refractivity contribution in [1.82, 2.24) is 0 Å². The average Bonchev–Trinajstić information content (AvgIpc) is 3.39. The number of hydrogen-bond donors (Lipinski definition) is 0. The normalized spacial score (nSPS) is 17.6. The number of rotatable bonds is 5. The number of anilines is 3. The molecule has 1 unspecified atom stereocenters. The summed E-state index contributed by atoms with van der Waals surface area (Å²) in [5.41, 5.74) is 16.0. The Morgan fingerprint density at radius 1 is 0.340 bits per heavy atom. The van der Waals surface area contributed by atoms with Crippen molar-refractivity contribution in [1.29, 1.82) is 0 Å². The molecule has 0 amide bonds. The highest BCUT2D eigenvalue weighted by atomic mass is 15.1. The minimum absolute atomic E-state index is 0.0905. The molecule has 50 heavy (non-hydrogen) atoms. The summed E-state index contributed by atoms with van der Waals surface area (Å²) in [7, 11) is 0. The van der Waals surface area contributed by atoms with Gasteiger partial charge in [-0.2, -0.15) is 0 Å². The molecule has 2 aliphatic rings. The average molecular weight is 644 g/mol. The smallest absolute Gasteiger partial charge is 0.0549 e. The summed E-state index contributed by atoms with van der Waals surface area (Å²) < 4.78 is 0. The van der Waals surface area contributed by atoms with Gasteiger partial charge in [0, 0.05) is 27.9 Å². The van der Waals surface area contributed by atoms with Crippen LogP contribution in [0.3, 0.4) is 0 Å². The highest BCUT2D eigenvalue weighted by Crippen LogP contribution is 2.60.